The Morgan fingerprint density at radius 3 is 2.59 bits per heavy atom. The van der Waals surface area contributed by atoms with Crippen LogP contribution in [-0.4, -0.2) is 14.2 Å². The van der Waals surface area contributed by atoms with E-state index in [0.717, 1.165) is 28.7 Å². The van der Waals surface area contributed by atoms with Crippen LogP contribution in [0, 0.1) is 5.92 Å². The highest BCUT2D eigenvalue weighted by Gasteiger charge is 2.24. The van der Waals surface area contributed by atoms with E-state index in [4.69, 9.17) is 0 Å². The van der Waals surface area contributed by atoms with E-state index in [0.29, 0.717) is 5.92 Å². The lowest BCUT2D eigenvalue weighted by molar-refractivity contribution is 0.475. The summed E-state index contributed by atoms with van der Waals surface area (Å²) >= 11 is 0. The lowest BCUT2D eigenvalue weighted by Crippen LogP contribution is -2.22. The third-order valence-corrected chi connectivity index (χ3v) is 4.46. The van der Waals surface area contributed by atoms with Crippen LogP contribution < -0.4 is 5.69 Å². The average Bonchev–Trinajstić information content (AvgIpc) is 3.31. The minimum absolute atomic E-state index is 0.0509. The molecule has 3 aromatic rings. The van der Waals surface area contributed by atoms with E-state index in [1.807, 2.05) is 41.9 Å². The Kier molecular flexibility index (Phi) is 2.86. The van der Waals surface area contributed by atoms with Gasteiger partial charge in [-0.25, -0.2) is 4.79 Å². The molecule has 1 heterocycles. The maximum Gasteiger partial charge on any atom is 0.328 e. The van der Waals surface area contributed by atoms with Crippen molar-refractivity contribution in [2.45, 2.75) is 19.4 Å². The lowest BCUT2D eigenvalue weighted by atomic mass is 10.0. The second-order valence-electron chi connectivity index (χ2n) is 6.15. The maximum absolute atomic E-state index is 12.4. The third kappa shape index (κ3) is 2.11. The molecule has 112 valence electrons. The summed E-state index contributed by atoms with van der Waals surface area (Å²) in [6.07, 6.45) is 2.45. The Morgan fingerprint density at radius 2 is 1.86 bits per heavy atom. The summed E-state index contributed by atoms with van der Waals surface area (Å²) < 4.78 is 3.60. The first-order valence-electron chi connectivity index (χ1n) is 7.62. The predicted octanol–water partition coefficient (Wildman–Crippen LogP) is 3.12. The van der Waals surface area contributed by atoms with Crippen molar-refractivity contribution in [3.05, 3.63) is 52.9 Å². The number of phenolic OH excluding ortho intramolecular Hbond substituents is 1. The maximum atomic E-state index is 12.4. The van der Waals surface area contributed by atoms with Gasteiger partial charge in [-0.2, -0.15) is 0 Å². The molecule has 0 spiro atoms. The second kappa shape index (κ2) is 4.77. The number of aromatic nitrogens is 2. The van der Waals surface area contributed by atoms with Crippen LogP contribution >= 0.6 is 0 Å². The quantitative estimate of drug-likeness (QED) is 0.806. The van der Waals surface area contributed by atoms with Gasteiger partial charge in [0.1, 0.15) is 5.75 Å². The standard InChI is InChI=1S/C18H18N2O2/c1-19-17-10-14(13-3-2-4-15(21)9-13)7-8-16(17)20(18(19)22)11-12-5-6-12/h2-4,7-10,12,21H,5-6,11H2,1H3. The summed E-state index contributed by atoms with van der Waals surface area (Å²) in [5.74, 6) is 0.909. The van der Waals surface area contributed by atoms with Crippen LogP contribution in [0.15, 0.2) is 47.3 Å². The number of hydrogen-bond acceptors (Lipinski definition) is 2. The van der Waals surface area contributed by atoms with Gasteiger partial charge in [0.25, 0.3) is 0 Å². The molecule has 2 aromatic carbocycles. The van der Waals surface area contributed by atoms with Crippen molar-refractivity contribution >= 4 is 11.0 Å². The summed E-state index contributed by atoms with van der Waals surface area (Å²) in [5.41, 5.74) is 3.93. The van der Waals surface area contributed by atoms with Crippen molar-refractivity contribution in [1.82, 2.24) is 9.13 Å². The van der Waals surface area contributed by atoms with E-state index in [1.165, 1.54) is 12.8 Å². The zero-order valence-corrected chi connectivity index (χ0v) is 12.5. The molecular weight excluding hydrogens is 276 g/mol. The Morgan fingerprint density at radius 1 is 1.09 bits per heavy atom. The van der Waals surface area contributed by atoms with Crippen LogP contribution in [0.2, 0.25) is 0 Å². The number of rotatable bonds is 3. The minimum atomic E-state index is 0.0509. The summed E-state index contributed by atoms with van der Waals surface area (Å²) in [6.45, 7) is 0.821. The predicted molar refractivity (Wildman–Crippen MR) is 87.0 cm³/mol. The van der Waals surface area contributed by atoms with E-state index < -0.39 is 0 Å². The van der Waals surface area contributed by atoms with Crippen LogP contribution in [0.5, 0.6) is 5.75 Å². The zero-order chi connectivity index (χ0) is 15.3. The van der Waals surface area contributed by atoms with Crippen LogP contribution in [0.4, 0.5) is 0 Å². The summed E-state index contributed by atoms with van der Waals surface area (Å²) in [6, 6.07) is 13.2. The summed E-state index contributed by atoms with van der Waals surface area (Å²) in [5, 5.41) is 9.64. The Bertz CT molecular complexity index is 916. The van der Waals surface area contributed by atoms with Gasteiger partial charge in [-0.1, -0.05) is 18.2 Å². The number of fused-ring (bicyclic) bond motifs is 1. The van der Waals surface area contributed by atoms with Gasteiger partial charge in [0.15, 0.2) is 0 Å². The molecule has 22 heavy (non-hydrogen) atoms. The number of aromatic hydroxyl groups is 1. The summed E-state index contributed by atoms with van der Waals surface area (Å²) in [7, 11) is 1.82. The molecule has 0 unspecified atom stereocenters. The van der Waals surface area contributed by atoms with Gasteiger partial charge in [0.05, 0.1) is 11.0 Å². The SMILES string of the molecule is Cn1c(=O)n(CC2CC2)c2ccc(-c3cccc(O)c3)cc21. The van der Waals surface area contributed by atoms with Crippen LogP contribution in [0.1, 0.15) is 12.8 Å². The van der Waals surface area contributed by atoms with Crippen molar-refractivity contribution in [3.63, 3.8) is 0 Å². The molecule has 0 atom stereocenters. The monoisotopic (exact) mass is 294 g/mol. The van der Waals surface area contributed by atoms with Crippen molar-refractivity contribution in [2.75, 3.05) is 0 Å². The van der Waals surface area contributed by atoms with Crippen LogP contribution in [0.3, 0.4) is 0 Å². The van der Waals surface area contributed by atoms with Crippen molar-refractivity contribution < 1.29 is 5.11 Å². The van der Waals surface area contributed by atoms with Crippen LogP contribution in [-0.2, 0) is 13.6 Å². The van der Waals surface area contributed by atoms with Gasteiger partial charge < -0.3 is 5.11 Å². The molecule has 0 saturated heterocycles. The molecule has 0 amide bonds. The first-order valence-corrected chi connectivity index (χ1v) is 7.62. The Labute approximate surface area is 128 Å². The highest BCUT2D eigenvalue weighted by molar-refractivity contribution is 5.83. The number of nitrogens with zero attached hydrogens (tertiary/aromatic N) is 2. The molecule has 1 aliphatic rings. The average molecular weight is 294 g/mol. The Balaban J connectivity index is 1.87. The van der Waals surface area contributed by atoms with Gasteiger partial charge in [-0.15, -0.1) is 0 Å². The molecule has 1 fully saturated rings. The number of imidazole rings is 1. The van der Waals surface area contributed by atoms with E-state index in [1.54, 1.807) is 16.7 Å². The Hall–Kier alpha value is -2.49. The third-order valence-electron chi connectivity index (χ3n) is 4.46. The number of phenols is 1. The lowest BCUT2D eigenvalue weighted by Gasteiger charge is -2.05. The first-order chi connectivity index (χ1) is 10.6. The molecule has 1 saturated carbocycles. The molecule has 4 rings (SSSR count). The van der Waals surface area contributed by atoms with Gasteiger partial charge in [0, 0.05) is 13.6 Å². The van der Waals surface area contributed by atoms with Crippen molar-refractivity contribution in [3.8, 4) is 16.9 Å². The first kappa shape index (κ1) is 13.2. The van der Waals surface area contributed by atoms with Crippen LogP contribution in [0.25, 0.3) is 22.2 Å². The van der Waals surface area contributed by atoms with Gasteiger partial charge in [0.2, 0.25) is 0 Å². The number of aryl methyl sites for hydroxylation is 1. The molecule has 0 aliphatic heterocycles. The van der Waals surface area contributed by atoms with Gasteiger partial charge in [-0.05, 0) is 54.2 Å². The normalized spacial score (nSPS) is 14.6. The number of benzene rings is 2. The minimum Gasteiger partial charge on any atom is -0.508 e. The van der Waals surface area contributed by atoms with E-state index in [-0.39, 0.29) is 11.4 Å². The summed E-state index contributed by atoms with van der Waals surface area (Å²) in [4.78, 5) is 12.4. The van der Waals surface area contributed by atoms with E-state index >= 15 is 0 Å². The zero-order valence-electron chi connectivity index (χ0n) is 12.5. The molecular formula is C18H18N2O2. The van der Waals surface area contributed by atoms with E-state index in [2.05, 4.69) is 0 Å². The molecule has 4 nitrogen and oxygen atoms in total. The molecule has 1 aliphatic carbocycles. The van der Waals surface area contributed by atoms with Crippen molar-refractivity contribution in [1.29, 1.82) is 0 Å². The van der Waals surface area contributed by atoms with Gasteiger partial charge in [-0.3, -0.25) is 9.13 Å². The molecule has 4 heteroatoms. The largest absolute Gasteiger partial charge is 0.508 e. The molecule has 1 N–H and O–H groups in total. The van der Waals surface area contributed by atoms with E-state index in [9.17, 15) is 9.90 Å². The molecule has 0 radical (unpaired) electrons. The molecule has 0 bridgehead atoms. The highest BCUT2D eigenvalue weighted by atomic mass is 16.3. The topological polar surface area (TPSA) is 47.2 Å². The number of hydrogen-bond donors (Lipinski definition) is 1. The molecule has 1 aromatic heterocycles. The smallest absolute Gasteiger partial charge is 0.328 e. The highest BCUT2D eigenvalue weighted by Crippen LogP contribution is 2.32. The van der Waals surface area contributed by atoms with Crippen molar-refractivity contribution in [2.24, 2.45) is 13.0 Å². The fourth-order valence-electron chi connectivity index (χ4n) is 3.01. The second-order valence-corrected chi connectivity index (χ2v) is 6.15. The fraction of sp³-hybridized carbons (Fsp3) is 0.278. The fourth-order valence-corrected chi connectivity index (χ4v) is 3.01. The van der Waals surface area contributed by atoms with Gasteiger partial charge >= 0.3 is 5.69 Å².